The second-order valence-corrected chi connectivity index (χ2v) is 5.43. The Hall–Kier alpha value is -0.900. The van der Waals surface area contributed by atoms with E-state index in [-0.39, 0.29) is 17.9 Å². The van der Waals surface area contributed by atoms with Gasteiger partial charge in [-0.25, -0.2) is 0 Å². The molecule has 0 aliphatic carbocycles. The fourth-order valence-corrected chi connectivity index (χ4v) is 2.12. The number of nitrogens with zero attached hydrogens (tertiary/aromatic N) is 1. The maximum Gasteiger partial charge on any atom is 0.235 e. The van der Waals surface area contributed by atoms with Gasteiger partial charge in [0.25, 0.3) is 0 Å². The van der Waals surface area contributed by atoms with E-state index in [0.717, 1.165) is 19.4 Å². The van der Waals surface area contributed by atoms with Gasteiger partial charge in [-0.1, -0.05) is 27.7 Å². The van der Waals surface area contributed by atoms with Crippen LogP contribution in [0.15, 0.2) is 0 Å². The van der Waals surface area contributed by atoms with Crippen molar-refractivity contribution in [3.05, 3.63) is 0 Å². The third kappa shape index (κ3) is 3.28. The Balaban J connectivity index is 2.61. The molecule has 0 radical (unpaired) electrons. The first-order chi connectivity index (χ1) is 7.92. The van der Waals surface area contributed by atoms with E-state index in [0.29, 0.717) is 13.0 Å². The van der Waals surface area contributed by atoms with Crippen molar-refractivity contribution in [3.8, 4) is 0 Å². The average molecular weight is 240 g/mol. The number of carbonyl (C=O) groups is 2. The summed E-state index contributed by atoms with van der Waals surface area (Å²) in [5.74, 6) is -0.0593. The molecular formula is C13H24N2O2. The van der Waals surface area contributed by atoms with Gasteiger partial charge in [0.1, 0.15) is 0 Å². The van der Waals surface area contributed by atoms with E-state index in [1.807, 2.05) is 13.8 Å². The summed E-state index contributed by atoms with van der Waals surface area (Å²) >= 11 is 0. The first kappa shape index (κ1) is 14.2. The maximum atomic E-state index is 12.0. The third-order valence-electron chi connectivity index (χ3n) is 3.30. The topological polar surface area (TPSA) is 49.4 Å². The van der Waals surface area contributed by atoms with Gasteiger partial charge in [0.15, 0.2) is 0 Å². The highest BCUT2D eigenvalue weighted by Crippen LogP contribution is 2.31. The molecule has 1 fully saturated rings. The minimum absolute atomic E-state index is 0.0285. The Kier molecular flexibility index (Phi) is 4.69. The van der Waals surface area contributed by atoms with Crippen molar-refractivity contribution in [2.45, 2.75) is 53.0 Å². The molecule has 0 saturated carbocycles. The summed E-state index contributed by atoms with van der Waals surface area (Å²) in [7, 11) is 0. The van der Waals surface area contributed by atoms with E-state index in [9.17, 15) is 9.59 Å². The van der Waals surface area contributed by atoms with Crippen LogP contribution in [0.5, 0.6) is 0 Å². The Labute approximate surface area is 104 Å². The molecule has 4 nitrogen and oxygen atoms in total. The lowest BCUT2D eigenvalue weighted by Gasteiger charge is -2.24. The lowest BCUT2D eigenvalue weighted by molar-refractivity contribution is -0.141. The van der Waals surface area contributed by atoms with Crippen LogP contribution in [0.2, 0.25) is 0 Å². The molecular weight excluding hydrogens is 216 g/mol. The third-order valence-corrected chi connectivity index (χ3v) is 3.30. The van der Waals surface area contributed by atoms with Gasteiger partial charge in [0.05, 0.1) is 5.41 Å². The predicted octanol–water partition coefficient (Wildman–Crippen LogP) is 1.55. The monoisotopic (exact) mass is 240 g/mol. The highest BCUT2D eigenvalue weighted by atomic mass is 16.2. The maximum absolute atomic E-state index is 12.0. The van der Waals surface area contributed by atoms with Crippen LogP contribution in [-0.2, 0) is 9.59 Å². The number of hydrogen-bond acceptors (Lipinski definition) is 3. The lowest BCUT2D eigenvalue weighted by Crippen LogP contribution is -2.44. The fraction of sp³-hybridized carbons (Fsp3) is 0.846. The molecule has 4 heteroatoms. The van der Waals surface area contributed by atoms with Gasteiger partial charge in [-0.3, -0.25) is 14.5 Å². The Morgan fingerprint density at radius 3 is 2.41 bits per heavy atom. The summed E-state index contributed by atoms with van der Waals surface area (Å²) in [6.07, 6.45) is 2.33. The van der Waals surface area contributed by atoms with Crippen LogP contribution in [0.25, 0.3) is 0 Å². The van der Waals surface area contributed by atoms with Crippen molar-refractivity contribution in [1.82, 2.24) is 10.2 Å². The van der Waals surface area contributed by atoms with E-state index >= 15 is 0 Å². The molecule has 0 aromatic rings. The predicted molar refractivity (Wildman–Crippen MR) is 67.5 cm³/mol. The van der Waals surface area contributed by atoms with Crippen molar-refractivity contribution in [3.63, 3.8) is 0 Å². The number of carbonyl (C=O) groups excluding carboxylic acids is 2. The quantitative estimate of drug-likeness (QED) is 0.717. The van der Waals surface area contributed by atoms with Gasteiger partial charge in [0, 0.05) is 19.0 Å². The molecule has 17 heavy (non-hydrogen) atoms. The highest BCUT2D eigenvalue weighted by molar-refractivity contribution is 6.05. The van der Waals surface area contributed by atoms with Crippen LogP contribution in [0.1, 0.15) is 47.0 Å². The van der Waals surface area contributed by atoms with Crippen LogP contribution >= 0.6 is 0 Å². The van der Waals surface area contributed by atoms with Crippen LogP contribution in [0, 0.1) is 5.41 Å². The lowest BCUT2D eigenvalue weighted by atomic mass is 9.92. The standard InChI is InChI=1S/C13H24N2O2/c1-5-7-14-10(6-2)9-15-11(16)8-13(3,4)12(15)17/h10,14H,5-9H2,1-4H3. The minimum atomic E-state index is -0.514. The Morgan fingerprint density at radius 1 is 1.35 bits per heavy atom. The highest BCUT2D eigenvalue weighted by Gasteiger charge is 2.44. The molecule has 1 aliphatic heterocycles. The Morgan fingerprint density at radius 2 is 2.00 bits per heavy atom. The second-order valence-electron chi connectivity index (χ2n) is 5.43. The fourth-order valence-electron chi connectivity index (χ4n) is 2.12. The first-order valence-corrected chi connectivity index (χ1v) is 6.50. The number of nitrogens with one attached hydrogen (secondary N) is 1. The van der Waals surface area contributed by atoms with E-state index < -0.39 is 5.41 Å². The smallest absolute Gasteiger partial charge is 0.235 e. The van der Waals surface area contributed by atoms with Crippen LogP contribution in [0.3, 0.4) is 0 Å². The molecule has 1 N–H and O–H groups in total. The molecule has 2 amide bonds. The van der Waals surface area contributed by atoms with Gasteiger partial charge >= 0.3 is 0 Å². The zero-order chi connectivity index (χ0) is 13.1. The van der Waals surface area contributed by atoms with Gasteiger partial charge in [-0.15, -0.1) is 0 Å². The normalized spacial score (nSPS) is 21.1. The molecule has 1 atom stereocenters. The summed E-state index contributed by atoms with van der Waals surface area (Å²) < 4.78 is 0. The summed E-state index contributed by atoms with van der Waals surface area (Å²) in [4.78, 5) is 25.3. The van der Waals surface area contributed by atoms with E-state index in [2.05, 4.69) is 19.2 Å². The summed E-state index contributed by atoms with van der Waals surface area (Å²) in [5.41, 5.74) is -0.514. The molecule has 1 heterocycles. The summed E-state index contributed by atoms with van der Waals surface area (Å²) in [6.45, 7) is 9.30. The van der Waals surface area contributed by atoms with E-state index in [1.165, 1.54) is 4.90 Å². The second kappa shape index (κ2) is 5.63. The van der Waals surface area contributed by atoms with Gasteiger partial charge in [0.2, 0.25) is 11.8 Å². The van der Waals surface area contributed by atoms with Gasteiger partial charge in [-0.05, 0) is 19.4 Å². The van der Waals surface area contributed by atoms with Crippen LogP contribution < -0.4 is 5.32 Å². The van der Waals surface area contributed by atoms with Crippen molar-refractivity contribution in [2.75, 3.05) is 13.1 Å². The SMILES string of the molecule is CCCNC(CC)CN1C(=O)CC(C)(C)C1=O. The molecule has 1 saturated heterocycles. The van der Waals surface area contributed by atoms with Crippen molar-refractivity contribution >= 4 is 11.8 Å². The molecule has 0 spiro atoms. The molecule has 0 aromatic carbocycles. The molecule has 1 aliphatic rings. The molecule has 1 rings (SSSR count). The number of likely N-dealkylation sites (tertiary alicyclic amines) is 1. The molecule has 0 aromatic heterocycles. The zero-order valence-electron chi connectivity index (χ0n) is 11.4. The zero-order valence-corrected chi connectivity index (χ0v) is 11.4. The van der Waals surface area contributed by atoms with Crippen molar-refractivity contribution in [1.29, 1.82) is 0 Å². The number of amides is 2. The minimum Gasteiger partial charge on any atom is -0.312 e. The number of imide groups is 1. The van der Waals surface area contributed by atoms with Gasteiger partial charge in [-0.2, -0.15) is 0 Å². The largest absolute Gasteiger partial charge is 0.312 e. The Bertz CT molecular complexity index is 300. The van der Waals surface area contributed by atoms with Gasteiger partial charge < -0.3 is 5.32 Å². The number of rotatable bonds is 6. The van der Waals surface area contributed by atoms with Crippen molar-refractivity contribution in [2.24, 2.45) is 5.41 Å². The average Bonchev–Trinajstić information content (AvgIpc) is 2.45. The van der Waals surface area contributed by atoms with Crippen LogP contribution in [0.4, 0.5) is 0 Å². The van der Waals surface area contributed by atoms with Crippen molar-refractivity contribution < 1.29 is 9.59 Å². The molecule has 1 unspecified atom stereocenters. The first-order valence-electron chi connectivity index (χ1n) is 6.50. The molecule has 98 valence electrons. The summed E-state index contributed by atoms with van der Waals surface area (Å²) in [6, 6.07) is 0.219. The van der Waals surface area contributed by atoms with Crippen LogP contribution in [-0.4, -0.2) is 35.8 Å². The molecule has 0 bridgehead atoms. The van der Waals surface area contributed by atoms with E-state index in [1.54, 1.807) is 0 Å². The number of hydrogen-bond donors (Lipinski definition) is 1. The van der Waals surface area contributed by atoms with E-state index in [4.69, 9.17) is 0 Å². The summed E-state index contributed by atoms with van der Waals surface area (Å²) in [5, 5.41) is 3.37.